The van der Waals surface area contributed by atoms with Gasteiger partial charge in [0.05, 0.1) is 12.1 Å². The Hall–Kier alpha value is -1.91. The maximum absolute atomic E-state index is 5.47. The van der Waals surface area contributed by atoms with Crippen LogP contribution in [0.15, 0.2) is 18.6 Å². The molecule has 0 atom stereocenters. The summed E-state index contributed by atoms with van der Waals surface area (Å²) in [7, 11) is 0. The van der Waals surface area contributed by atoms with Gasteiger partial charge in [-0.05, 0) is 6.07 Å². The lowest BCUT2D eigenvalue weighted by Gasteiger charge is -2.03. The van der Waals surface area contributed by atoms with Gasteiger partial charge < -0.3 is 10.1 Å². The second kappa shape index (κ2) is 2.80. The number of rotatable bonds is 0. The summed E-state index contributed by atoms with van der Waals surface area (Å²) in [5.74, 6) is 1.42. The van der Waals surface area contributed by atoms with Gasteiger partial charge in [-0.2, -0.15) is 0 Å². The van der Waals surface area contributed by atoms with Gasteiger partial charge in [0.15, 0.2) is 0 Å². The number of anilines is 1. The Kier molecular flexibility index (Phi) is 1.50. The van der Waals surface area contributed by atoms with E-state index in [4.69, 9.17) is 4.74 Å². The van der Waals surface area contributed by atoms with Gasteiger partial charge in [0.2, 0.25) is 5.88 Å². The Morgan fingerprint density at radius 2 is 2.29 bits per heavy atom. The summed E-state index contributed by atoms with van der Waals surface area (Å²) in [6.07, 6.45) is 3.24. The molecule has 5 nitrogen and oxygen atoms in total. The van der Waals surface area contributed by atoms with Crippen molar-refractivity contribution >= 4 is 16.7 Å². The van der Waals surface area contributed by atoms with Crippen molar-refractivity contribution in [2.75, 3.05) is 18.5 Å². The van der Waals surface area contributed by atoms with E-state index in [1.807, 2.05) is 6.07 Å². The highest BCUT2D eigenvalue weighted by Crippen LogP contribution is 2.28. The van der Waals surface area contributed by atoms with Gasteiger partial charge in [-0.1, -0.05) is 0 Å². The van der Waals surface area contributed by atoms with Gasteiger partial charge in [0.1, 0.15) is 24.1 Å². The van der Waals surface area contributed by atoms with E-state index in [0.29, 0.717) is 12.5 Å². The maximum Gasteiger partial charge on any atom is 0.226 e. The van der Waals surface area contributed by atoms with Gasteiger partial charge in [-0.25, -0.2) is 15.0 Å². The molecular formula is C9H8N4O. The van der Waals surface area contributed by atoms with Crippen molar-refractivity contribution in [3.8, 4) is 5.88 Å². The number of hydrogen-bond acceptors (Lipinski definition) is 5. The molecular weight excluding hydrogens is 180 g/mol. The van der Waals surface area contributed by atoms with Crippen LogP contribution >= 0.6 is 0 Å². The molecule has 0 unspecified atom stereocenters. The minimum atomic E-state index is 0.600. The molecule has 1 aliphatic rings. The highest BCUT2D eigenvalue weighted by atomic mass is 16.5. The van der Waals surface area contributed by atoms with Crippen LogP contribution in [0.25, 0.3) is 10.9 Å². The van der Waals surface area contributed by atoms with E-state index in [1.54, 1.807) is 12.5 Å². The van der Waals surface area contributed by atoms with E-state index in [-0.39, 0.29) is 0 Å². The summed E-state index contributed by atoms with van der Waals surface area (Å²) in [5, 5.41) is 4.04. The van der Waals surface area contributed by atoms with Gasteiger partial charge in [-0.15, -0.1) is 0 Å². The van der Waals surface area contributed by atoms with Crippen LogP contribution in [0.3, 0.4) is 0 Å². The van der Waals surface area contributed by atoms with Crippen molar-refractivity contribution in [1.29, 1.82) is 0 Å². The van der Waals surface area contributed by atoms with Crippen LogP contribution in [0.2, 0.25) is 0 Å². The number of nitrogens with one attached hydrogen (secondary N) is 1. The molecule has 0 fully saturated rings. The monoisotopic (exact) mass is 188 g/mol. The Balaban J connectivity index is 2.41. The molecule has 0 aliphatic carbocycles. The lowest BCUT2D eigenvalue weighted by atomic mass is 10.3. The lowest BCUT2D eigenvalue weighted by molar-refractivity contribution is 0.327. The zero-order chi connectivity index (χ0) is 9.38. The number of aromatic nitrogens is 3. The molecule has 2 aromatic heterocycles. The van der Waals surface area contributed by atoms with Crippen molar-refractivity contribution < 1.29 is 4.74 Å². The van der Waals surface area contributed by atoms with E-state index < -0.39 is 0 Å². The van der Waals surface area contributed by atoms with Crippen molar-refractivity contribution in [3.05, 3.63) is 18.6 Å². The summed E-state index contributed by atoms with van der Waals surface area (Å²) in [6, 6.07) is 1.85. The number of pyridine rings is 1. The van der Waals surface area contributed by atoms with Crippen LogP contribution in [0.4, 0.5) is 5.82 Å². The van der Waals surface area contributed by atoms with Gasteiger partial charge in [0, 0.05) is 6.20 Å². The van der Waals surface area contributed by atoms with Crippen molar-refractivity contribution in [3.63, 3.8) is 0 Å². The van der Waals surface area contributed by atoms with Gasteiger partial charge >= 0.3 is 0 Å². The smallest absolute Gasteiger partial charge is 0.226 e. The van der Waals surface area contributed by atoms with Crippen molar-refractivity contribution in [2.45, 2.75) is 0 Å². The summed E-state index contributed by atoms with van der Waals surface area (Å²) in [5.41, 5.74) is 0.856. The topological polar surface area (TPSA) is 59.9 Å². The molecule has 5 heteroatoms. The quantitative estimate of drug-likeness (QED) is 0.663. The minimum absolute atomic E-state index is 0.600. The fraction of sp³-hybridized carbons (Fsp3) is 0.222. The SMILES string of the molecule is c1cc2ncnc3c2c(n1)OCCN3. The average molecular weight is 188 g/mol. The Labute approximate surface area is 80.2 Å². The zero-order valence-electron chi connectivity index (χ0n) is 7.40. The molecule has 0 saturated carbocycles. The second-order valence-electron chi connectivity index (χ2n) is 3.01. The molecule has 1 N–H and O–H groups in total. The second-order valence-corrected chi connectivity index (χ2v) is 3.01. The van der Waals surface area contributed by atoms with E-state index >= 15 is 0 Å². The van der Waals surface area contributed by atoms with E-state index in [0.717, 1.165) is 23.3 Å². The number of nitrogens with zero attached hydrogens (tertiary/aromatic N) is 3. The Morgan fingerprint density at radius 1 is 1.29 bits per heavy atom. The normalized spacial score (nSPS) is 14.3. The first-order valence-corrected chi connectivity index (χ1v) is 4.41. The Bertz CT molecular complexity index is 444. The van der Waals surface area contributed by atoms with E-state index in [2.05, 4.69) is 20.3 Å². The number of hydrogen-bond donors (Lipinski definition) is 1. The van der Waals surface area contributed by atoms with Gasteiger partial charge in [-0.3, -0.25) is 0 Å². The fourth-order valence-corrected chi connectivity index (χ4v) is 1.54. The first-order valence-electron chi connectivity index (χ1n) is 4.41. The third-order valence-corrected chi connectivity index (χ3v) is 2.15. The third kappa shape index (κ3) is 0.985. The molecule has 2 aromatic rings. The molecule has 3 heterocycles. The van der Waals surface area contributed by atoms with Gasteiger partial charge in [0.25, 0.3) is 0 Å². The predicted octanol–water partition coefficient (Wildman–Crippen LogP) is 0.829. The molecule has 0 saturated heterocycles. The van der Waals surface area contributed by atoms with E-state index in [1.165, 1.54) is 0 Å². The zero-order valence-corrected chi connectivity index (χ0v) is 7.40. The van der Waals surface area contributed by atoms with Crippen LogP contribution in [0.5, 0.6) is 5.88 Å². The molecule has 1 aliphatic heterocycles. The molecule has 0 radical (unpaired) electrons. The number of ether oxygens (including phenoxy) is 1. The predicted molar refractivity (Wildman–Crippen MR) is 51.3 cm³/mol. The molecule has 0 aromatic carbocycles. The minimum Gasteiger partial charge on any atom is -0.475 e. The summed E-state index contributed by atoms with van der Waals surface area (Å²) in [4.78, 5) is 12.5. The molecule has 0 bridgehead atoms. The third-order valence-electron chi connectivity index (χ3n) is 2.15. The summed E-state index contributed by atoms with van der Waals surface area (Å²) in [6.45, 7) is 1.34. The van der Waals surface area contributed by atoms with Crippen molar-refractivity contribution in [1.82, 2.24) is 15.0 Å². The first kappa shape index (κ1) is 7.49. The van der Waals surface area contributed by atoms with E-state index in [9.17, 15) is 0 Å². The summed E-state index contributed by atoms with van der Waals surface area (Å²) < 4.78 is 5.47. The van der Waals surface area contributed by atoms with Crippen LogP contribution in [0.1, 0.15) is 0 Å². The first-order chi connectivity index (χ1) is 6.95. The lowest BCUT2D eigenvalue weighted by Crippen LogP contribution is -2.08. The van der Waals surface area contributed by atoms with Crippen molar-refractivity contribution in [2.24, 2.45) is 0 Å². The van der Waals surface area contributed by atoms with Crippen LogP contribution in [0, 0.1) is 0 Å². The fourth-order valence-electron chi connectivity index (χ4n) is 1.54. The largest absolute Gasteiger partial charge is 0.475 e. The highest BCUT2D eigenvalue weighted by molar-refractivity contribution is 5.93. The molecule has 14 heavy (non-hydrogen) atoms. The molecule has 70 valence electrons. The maximum atomic E-state index is 5.47. The van der Waals surface area contributed by atoms with Crippen LogP contribution < -0.4 is 10.1 Å². The molecule has 0 spiro atoms. The Morgan fingerprint density at radius 3 is 3.29 bits per heavy atom. The summed E-state index contributed by atoms with van der Waals surface area (Å²) >= 11 is 0. The van der Waals surface area contributed by atoms with Crippen LogP contribution in [-0.2, 0) is 0 Å². The van der Waals surface area contributed by atoms with Crippen LogP contribution in [-0.4, -0.2) is 28.1 Å². The molecule has 3 rings (SSSR count). The average Bonchev–Trinajstić information content (AvgIpc) is 2.44. The highest BCUT2D eigenvalue weighted by Gasteiger charge is 2.13. The molecule has 0 amide bonds. The standard InChI is InChI=1S/C9H8N4O/c1-2-11-9-7-6(1)12-5-13-8(7)10-3-4-14-9/h1-2,5H,3-4H2,(H,10,12,13).